The first-order valence-corrected chi connectivity index (χ1v) is 5.94. The summed E-state index contributed by atoms with van der Waals surface area (Å²) in [6.07, 6.45) is 1.27. The van der Waals surface area contributed by atoms with Crippen molar-refractivity contribution < 1.29 is 4.39 Å². The van der Waals surface area contributed by atoms with Crippen LogP contribution in [0, 0.1) is 5.82 Å². The van der Waals surface area contributed by atoms with Gasteiger partial charge in [0.2, 0.25) is 0 Å². The highest BCUT2D eigenvalue weighted by Gasteiger charge is 2.07. The summed E-state index contributed by atoms with van der Waals surface area (Å²) in [5.74, 6) is -0.310. The Balaban J connectivity index is 2.18. The van der Waals surface area contributed by atoms with Crippen molar-refractivity contribution in [2.24, 2.45) is 0 Å². The van der Waals surface area contributed by atoms with Crippen molar-refractivity contribution in [3.8, 4) is 0 Å². The van der Waals surface area contributed by atoms with E-state index in [4.69, 9.17) is 0 Å². The monoisotopic (exact) mass is 254 g/mol. The lowest BCUT2D eigenvalue weighted by molar-refractivity contribution is 0.599. The van der Waals surface area contributed by atoms with Crippen LogP contribution in [0.15, 0.2) is 59.5 Å². The summed E-state index contributed by atoms with van der Waals surface area (Å²) in [6, 6.07) is 13.8. The van der Waals surface area contributed by atoms with Gasteiger partial charge in [-0.15, -0.1) is 0 Å². The van der Waals surface area contributed by atoms with Crippen LogP contribution in [0.1, 0.15) is 5.56 Å². The number of hydrogen-bond acceptors (Lipinski definition) is 2. The van der Waals surface area contributed by atoms with Crippen LogP contribution in [0.4, 0.5) is 4.39 Å². The smallest absolute Gasteiger partial charge is 0.269 e. The summed E-state index contributed by atoms with van der Waals surface area (Å²) in [5, 5.41) is 0. The molecule has 3 nitrogen and oxygen atoms in total. The molecule has 2 aromatic carbocycles. The molecule has 0 aliphatic rings. The van der Waals surface area contributed by atoms with Gasteiger partial charge in [0, 0.05) is 5.56 Å². The zero-order valence-electron chi connectivity index (χ0n) is 10.1. The number of hydrogen-bond donors (Lipinski definition) is 0. The second-order valence-electron chi connectivity index (χ2n) is 4.26. The molecule has 0 amide bonds. The topological polar surface area (TPSA) is 34.9 Å². The predicted octanol–water partition coefficient (Wildman–Crippen LogP) is 2.58. The molecule has 4 heteroatoms. The van der Waals surface area contributed by atoms with Gasteiger partial charge in [0.25, 0.3) is 5.56 Å². The van der Waals surface area contributed by atoms with Crippen molar-refractivity contribution in [1.82, 2.24) is 9.55 Å². The van der Waals surface area contributed by atoms with Gasteiger partial charge in [0.1, 0.15) is 5.82 Å². The molecule has 0 N–H and O–H groups in total. The Labute approximate surface area is 109 Å². The third kappa shape index (κ3) is 2.12. The maximum Gasteiger partial charge on any atom is 0.269 e. The Kier molecular flexibility index (Phi) is 2.83. The van der Waals surface area contributed by atoms with E-state index < -0.39 is 0 Å². The first kappa shape index (κ1) is 11.6. The maximum absolute atomic E-state index is 13.7. The summed E-state index contributed by atoms with van der Waals surface area (Å²) in [5.41, 5.74) is 1.68. The minimum atomic E-state index is -0.310. The molecule has 1 aromatic heterocycles. The molecule has 0 bridgehead atoms. The fourth-order valence-electron chi connectivity index (χ4n) is 2.07. The minimum absolute atomic E-state index is 0.203. The van der Waals surface area contributed by atoms with Gasteiger partial charge in [-0.3, -0.25) is 4.79 Å². The third-order valence-electron chi connectivity index (χ3n) is 3.04. The van der Waals surface area contributed by atoms with Crippen LogP contribution in [0.25, 0.3) is 11.0 Å². The van der Waals surface area contributed by atoms with Crippen molar-refractivity contribution >= 4 is 11.0 Å². The highest BCUT2D eigenvalue weighted by molar-refractivity contribution is 5.74. The van der Waals surface area contributed by atoms with E-state index in [1.54, 1.807) is 18.2 Å². The molecule has 1 heterocycles. The molecular weight excluding hydrogens is 243 g/mol. The second-order valence-corrected chi connectivity index (χ2v) is 4.26. The summed E-state index contributed by atoms with van der Waals surface area (Å²) in [7, 11) is 0. The molecule has 94 valence electrons. The molecule has 3 rings (SSSR count). The molecule has 0 unspecified atom stereocenters. The maximum atomic E-state index is 13.7. The molecular formula is C15H11FN2O. The summed E-state index contributed by atoms with van der Waals surface area (Å²) < 4.78 is 15.2. The quantitative estimate of drug-likeness (QED) is 0.704. The van der Waals surface area contributed by atoms with Gasteiger partial charge in [0.15, 0.2) is 0 Å². The Morgan fingerprint density at radius 1 is 1.05 bits per heavy atom. The van der Waals surface area contributed by atoms with E-state index in [1.165, 1.54) is 16.8 Å². The van der Waals surface area contributed by atoms with Gasteiger partial charge < -0.3 is 4.57 Å². The largest absolute Gasteiger partial charge is 0.301 e. The number of rotatable bonds is 2. The van der Waals surface area contributed by atoms with E-state index in [-0.39, 0.29) is 17.9 Å². The van der Waals surface area contributed by atoms with Crippen molar-refractivity contribution in [3.05, 3.63) is 76.5 Å². The fourth-order valence-corrected chi connectivity index (χ4v) is 2.07. The van der Waals surface area contributed by atoms with Gasteiger partial charge in [-0.1, -0.05) is 30.3 Å². The average Bonchev–Trinajstić information content (AvgIpc) is 2.44. The molecule has 0 aliphatic carbocycles. The summed E-state index contributed by atoms with van der Waals surface area (Å²) in [4.78, 5) is 16.0. The predicted molar refractivity (Wildman–Crippen MR) is 71.5 cm³/mol. The normalized spacial score (nSPS) is 10.8. The minimum Gasteiger partial charge on any atom is -0.301 e. The standard InChI is InChI=1S/C15H11FN2O/c16-12-6-2-1-5-11(12)10-18-14-8-4-3-7-13(14)17-9-15(18)19/h1-9H,10H2. The molecule has 0 radical (unpaired) electrons. The lowest BCUT2D eigenvalue weighted by Crippen LogP contribution is -2.21. The Bertz CT molecular complexity index is 795. The zero-order valence-corrected chi connectivity index (χ0v) is 10.1. The molecule has 0 saturated carbocycles. The van der Waals surface area contributed by atoms with E-state index in [1.807, 2.05) is 24.3 Å². The third-order valence-corrected chi connectivity index (χ3v) is 3.04. The van der Waals surface area contributed by atoms with E-state index in [9.17, 15) is 9.18 Å². The first-order chi connectivity index (χ1) is 9.25. The number of fused-ring (bicyclic) bond motifs is 1. The lowest BCUT2D eigenvalue weighted by atomic mass is 10.2. The van der Waals surface area contributed by atoms with Crippen LogP contribution in [-0.2, 0) is 6.54 Å². The van der Waals surface area contributed by atoms with Crippen molar-refractivity contribution in [1.29, 1.82) is 0 Å². The van der Waals surface area contributed by atoms with Gasteiger partial charge in [0.05, 0.1) is 23.8 Å². The van der Waals surface area contributed by atoms with Crippen LogP contribution in [0.3, 0.4) is 0 Å². The highest BCUT2D eigenvalue weighted by atomic mass is 19.1. The van der Waals surface area contributed by atoms with Crippen molar-refractivity contribution in [2.45, 2.75) is 6.54 Å². The van der Waals surface area contributed by atoms with Crippen molar-refractivity contribution in [3.63, 3.8) is 0 Å². The molecule has 0 spiro atoms. The van der Waals surface area contributed by atoms with Gasteiger partial charge in [-0.05, 0) is 18.2 Å². The van der Waals surface area contributed by atoms with Gasteiger partial charge >= 0.3 is 0 Å². The zero-order chi connectivity index (χ0) is 13.2. The SMILES string of the molecule is O=c1cnc2ccccc2n1Cc1ccccc1F. The first-order valence-electron chi connectivity index (χ1n) is 5.94. The van der Waals surface area contributed by atoms with E-state index >= 15 is 0 Å². The Morgan fingerprint density at radius 2 is 1.79 bits per heavy atom. The van der Waals surface area contributed by atoms with E-state index in [2.05, 4.69) is 4.98 Å². The Morgan fingerprint density at radius 3 is 2.63 bits per heavy atom. The van der Waals surface area contributed by atoms with Gasteiger partial charge in [-0.2, -0.15) is 0 Å². The van der Waals surface area contributed by atoms with Crippen molar-refractivity contribution in [2.75, 3.05) is 0 Å². The summed E-state index contributed by atoms with van der Waals surface area (Å²) >= 11 is 0. The number of para-hydroxylation sites is 2. The van der Waals surface area contributed by atoms with Crippen LogP contribution in [-0.4, -0.2) is 9.55 Å². The van der Waals surface area contributed by atoms with Crippen LogP contribution in [0.2, 0.25) is 0 Å². The average molecular weight is 254 g/mol. The van der Waals surface area contributed by atoms with Crippen LogP contribution < -0.4 is 5.56 Å². The number of benzene rings is 2. The summed E-state index contributed by atoms with van der Waals surface area (Å²) in [6.45, 7) is 0.203. The lowest BCUT2D eigenvalue weighted by Gasteiger charge is -2.09. The molecule has 19 heavy (non-hydrogen) atoms. The number of aromatic nitrogens is 2. The Hall–Kier alpha value is -2.49. The number of nitrogens with zero attached hydrogens (tertiary/aromatic N) is 2. The fraction of sp³-hybridized carbons (Fsp3) is 0.0667. The van der Waals surface area contributed by atoms with Crippen LogP contribution in [0.5, 0.6) is 0 Å². The molecule has 0 atom stereocenters. The van der Waals surface area contributed by atoms with Gasteiger partial charge in [-0.25, -0.2) is 9.37 Å². The van der Waals surface area contributed by atoms with E-state index in [0.29, 0.717) is 11.1 Å². The highest BCUT2D eigenvalue weighted by Crippen LogP contribution is 2.12. The molecule has 0 saturated heterocycles. The molecule has 0 fully saturated rings. The van der Waals surface area contributed by atoms with E-state index in [0.717, 1.165) is 5.52 Å². The molecule has 3 aromatic rings. The van der Waals surface area contributed by atoms with Crippen LogP contribution >= 0.6 is 0 Å². The number of halogens is 1. The second kappa shape index (κ2) is 4.65. The molecule has 0 aliphatic heterocycles.